The molecule has 2 aromatic rings. The molecule has 2 rings (SSSR count). The number of hydrazone groups is 1. The van der Waals surface area contributed by atoms with Crippen LogP contribution in [-0.4, -0.2) is 17.2 Å². The largest absolute Gasteiger partial charge is 0.506 e. The lowest BCUT2D eigenvalue weighted by Gasteiger charge is -2.03. The van der Waals surface area contributed by atoms with Crippen LogP contribution in [0.5, 0.6) is 5.75 Å². The van der Waals surface area contributed by atoms with E-state index < -0.39 is 0 Å². The third kappa shape index (κ3) is 4.30. The van der Waals surface area contributed by atoms with Gasteiger partial charge in [-0.2, -0.15) is 5.10 Å². The van der Waals surface area contributed by atoms with Crippen LogP contribution >= 0.6 is 43.5 Å². The van der Waals surface area contributed by atoms with Gasteiger partial charge < -0.3 is 5.11 Å². The molecular formula is C14H9Br2ClN2O2. The van der Waals surface area contributed by atoms with Crippen molar-refractivity contribution in [3.8, 4) is 5.75 Å². The molecule has 0 heterocycles. The fourth-order valence-corrected chi connectivity index (χ4v) is 2.61. The van der Waals surface area contributed by atoms with E-state index in [4.69, 9.17) is 11.6 Å². The molecule has 0 spiro atoms. The second-order valence-corrected chi connectivity index (χ2v) is 6.24. The lowest BCUT2D eigenvalue weighted by Crippen LogP contribution is -2.17. The number of benzene rings is 2. The summed E-state index contributed by atoms with van der Waals surface area (Å²) in [7, 11) is 0. The number of nitrogens with zero attached hydrogens (tertiary/aromatic N) is 1. The second kappa shape index (κ2) is 7.06. The van der Waals surface area contributed by atoms with E-state index in [1.807, 2.05) is 0 Å². The summed E-state index contributed by atoms with van der Waals surface area (Å²) in [6, 6.07) is 9.97. The van der Waals surface area contributed by atoms with Crippen molar-refractivity contribution in [3.63, 3.8) is 0 Å². The number of carbonyl (C=O) groups excluding carboxylic acids is 1. The highest BCUT2D eigenvalue weighted by molar-refractivity contribution is 9.10. The topological polar surface area (TPSA) is 61.7 Å². The zero-order valence-corrected chi connectivity index (χ0v) is 14.4. The second-order valence-electron chi connectivity index (χ2n) is 4.03. The van der Waals surface area contributed by atoms with Crippen LogP contribution < -0.4 is 5.43 Å². The summed E-state index contributed by atoms with van der Waals surface area (Å²) in [5.41, 5.74) is 3.25. The molecule has 0 aromatic heterocycles. The first kappa shape index (κ1) is 16.0. The Kier molecular flexibility index (Phi) is 5.39. The van der Waals surface area contributed by atoms with Crippen molar-refractivity contribution in [2.75, 3.05) is 0 Å². The number of phenolic OH excluding ortho intramolecular Hbond substituents is 1. The number of phenols is 1. The fourth-order valence-electron chi connectivity index (χ4n) is 1.51. The Bertz CT molecular complexity index is 703. The molecule has 0 bridgehead atoms. The van der Waals surface area contributed by atoms with Crippen LogP contribution in [0.1, 0.15) is 15.9 Å². The van der Waals surface area contributed by atoms with Gasteiger partial charge in [-0.05, 0) is 52.3 Å². The minimum Gasteiger partial charge on any atom is -0.506 e. The first-order valence-corrected chi connectivity index (χ1v) is 7.71. The minimum atomic E-state index is -0.348. The van der Waals surface area contributed by atoms with Gasteiger partial charge >= 0.3 is 0 Å². The van der Waals surface area contributed by atoms with E-state index in [2.05, 4.69) is 42.4 Å². The van der Waals surface area contributed by atoms with E-state index in [-0.39, 0.29) is 11.7 Å². The molecule has 7 heteroatoms. The molecule has 21 heavy (non-hydrogen) atoms. The van der Waals surface area contributed by atoms with Crippen molar-refractivity contribution < 1.29 is 9.90 Å². The molecule has 0 saturated heterocycles. The third-order valence-corrected chi connectivity index (χ3v) is 3.89. The Morgan fingerprint density at radius 2 is 1.90 bits per heavy atom. The average Bonchev–Trinajstić information content (AvgIpc) is 2.44. The van der Waals surface area contributed by atoms with E-state index in [1.165, 1.54) is 12.3 Å². The molecule has 2 N–H and O–H groups in total. The van der Waals surface area contributed by atoms with Gasteiger partial charge in [0.15, 0.2) is 0 Å². The number of rotatable bonds is 3. The Morgan fingerprint density at radius 3 is 2.57 bits per heavy atom. The Morgan fingerprint density at radius 1 is 1.24 bits per heavy atom. The fraction of sp³-hybridized carbons (Fsp3) is 0. The summed E-state index contributed by atoms with van der Waals surface area (Å²) in [6.45, 7) is 0. The first-order chi connectivity index (χ1) is 9.97. The SMILES string of the molecule is O=C(NN=Cc1cc(Cl)cc(Br)c1O)c1ccc(Br)cc1. The van der Waals surface area contributed by atoms with Gasteiger partial charge in [0.2, 0.25) is 0 Å². The van der Waals surface area contributed by atoms with Crippen molar-refractivity contribution in [2.24, 2.45) is 5.10 Å². The summed E-state index contributed by atoms with van der Waals surface area (Å²) in [5, 5.41) is 14.1. The molecule has 4 nitrogen and oxygen atoms in total. The molecule has 0 aliphatic carbocycles. The summed E-state index contributed by atoms with van der Waals surface area (Å²) in [5.74, 6) is -0.347. The smallest absolute Gasteiger partial charge is 0.271 e. The zero-order chi connectivity index (χ0) is 15.4. The summed E-state index contributed by atoms with van der Waals surface area (Å²) in [6.07, 6.45) is 1.32. The van der Waals surface area contributed by atoms with Crippen LogP contribution in [0.25, 0.3) is 0 Å². The number of amides is 1. The van der Waals surface area contributed by atoms with E-state index in [9.17, 15) is 9.90 Å². The molecule has 0 atom stereocenters. The van der Waals surface area contributed by atoms with E-state index in [0.29, 0.717) is 20.6 Å². The third-order valence-electron chi connectivity index (χ3n) is 2.53. The number of aromatic hydroxyl groups is 1. The van der Waals surface area contributed by atoms with Gasteiger partial charge in [-0.3, -0.25) is 4.79 Å². The van der Waals surface area contributed by atoms with Crippen LogP contribution in [-0.2, 0) is 0 Å². The summed E-state index contributed by atoms with van der Waals surface area (Å²) >= 11 is 12.3. The highest BCUT2D eigenvalue weighted by atomic mass is 79.9. The quantitative estimate of drug-likeness (QED) is 0.560. The summed E-state index contributed by atoms with van der Waals surface area (Å²) < 4.78 is 1.34. The van der Waals surface area contributed by atoms with Crippen LogP contribution in [0.2, 0.25) is 5.02 Å². The van der Waals surface area contributed by atoms with Crippen molar-refractivity contribution in [3.05, 3.63) is 61.5 Å². The number of nitrogens with one attached hydrogen (secondary N) is 1. The van der Waals surface area contributed by atoms with Gasteiger partial charge in [0.05, 0.1) is 10.7 Å². The maximum Gasteiger partial charge on any atom is 0.271 e. The Labute approximate surface area is 143 Å². The molecule has 0 fully saturated rings. The van der Waals surface area contributed by atoms with Crippen LogP contribution in [0.4, 0.5) is 0 Å². The number of hydrogen-bond donors (Lipinski definition) is 2. The van der Waals surface area contributed by atoms with Crippen molar-refractivity contribution in [2.45, 2.75) is 0 Å². The van der Waals surface area contributed by atoms with E-state index in [0.717, 1.165) is 4.47 Å². The number of carbonyl (C=O) groups is 1. The monoisotopic (exact) mass is 430 g/mol. The van der Waals surface area contributed by atoms with Crippen molar-refractivity contribution in [1.82, 2.24) is 5.43 Å². The minimum absolute atomic E-state index is 0.000964. The van der Waals surface area contributed by atoms with Gasteiger partial charge in [0.25, 0.3) is 5.91 Å². The lowest BCUT2D eigenvalue weighted by molar-refractivity contribution is 0.0955. The maximum absolute atomic E-state index is 11.8. The molecule has 108 valence electrons. The Hall–Kier alpha value is -1.37. The van der Waals surface area contributed by atoms with E-state index >= 15 is 0 Å². The average molecular weight is 432 g/mol. The van der Waals surface area contributed by atoms with Crippen LogP contribution in [0, 0.1) is 0 Å². The molecule has 0 radical (unpaired) electrons. The normalized spacial score (nSPS) is 10.8. The summed E-state index contributed by atoms with van der Waals surface area (Å²) in [4.78, 5) is 11.8. The van der Waals surface area contributed by atoms with Crippen molar-refractivity contribution >= 4 is 55.6 Å². The highest BCUT2D eigenvalue weighted by Crippen LogP contribution is 2.30. The van der Waals surface area contributed by atoms with Gasteiger partial charge in [0, 0.05) is 20.6 Å². The lowest BCUT2D eigenvalue weighted by atomic mass is 10.2. The number of halogens is 3. The van der Waals surface area contributed by atoms with Gasteiger partial charge in [0.1, 0.15) is 5.75 Å². The predicted octanol–water partition coefficient (Wildman–Crippen LogP) is 4.33. The first-order valence-electron chi connectivity index (χ1n) is 5.74. The van der Waals surface area contributed by atoms with Gasteiger partial charge in [-0.25, -0.2) is 5.43 Å². The Balaban J connectivity index is 2.09. The maximum atomic E-state index is 11.8. The van der Waals surface area contributed by atoms with Crippen molar-refractivity contribution in [1.29, 1.82) is 0 Å². The molecule has 0 unspecified atom stereocenters. The molecule has 0 aliphatic heterocycles. The van der Waals surface area contributed by atoms with E-state index in [1.54, 1.807) is 30.3 Å². The van der Waals surface area contributed by atoms with Gasteiger partial charge in [-0.15, -0.1) is 0 Å². The van der Waals surface area contributed by atoms with Crippen LogP contribution in [0.3, 0.4) is 0 Å². The molecule has 1 amide bonds. The zero-order valence-electron chi connectivity index (χ0n) is 10.5. The standard InChI is InChI=1S/C14H9Br2ClN2O2/c15-10-3-1-8(2-4-10)14(21)19-18-7-9-5-11(17)6-12(16)13(9)20/h1-7,20H,(H,19,21). The molecule has 0 saturated carbocycles. The number of hydrogen-bond acceptors (Lipinski definition) is 3. The molecule has 0 aliphatic rings. The molecule has 2 aromatic carbocycles. The molecular weight excluding hydrogens is 423 g/mol. The van der Waals surface area contributed by atoms with Crippen LogP contribution in [0.15, 0.2) is 50.4 Å². The highest BCUT2D eigenvalue weighted by Gasteiger charge is 2.06. The predicted molar refractivity (Wildman–Crippen MR) is 90.0 cm³/mol. The van der Waals surface area contributed by atoms with Gasteiger partial charge in [-0.1, -0.05) is 27.5 Å².